The first kappa shape index (κ1) is 12.6. The van der Waals surface area contributed by atoms with Gasteiger partial charge in [0.1, 0.15) is 0 Å². The molecule has 1 spiro atoms. The predicted molar refractivity (Wildman–Crippen MR) is 77.4 cm³/mol. The summed E-state index contributed by atoms with van der Waals surface area (Å²) in [7, 11) is 0. The highest BCUT2D eigenvalue weighted by Gasteiger charge is 2.44. The maximum atomic E-state index is 14.8. The minimum Gasteiger partial charge on any atom is -0.314 e. The fourth-order valence-electron chi connectivity index (χ4n) is 3.24. The molecule has 1 N–H and O–H groups in total. The lowest BCUT2D eigenvalue weighted by molar-refractivity contribution is 0.242. The quantitative estimate of drug-likeness (QED) is 0.811. The number of nitrogens with zero attached hydrogens (tertiary/aromatic N) is 4. The highest BCUT2D eigenvalue weighted by molar-refractivity contribution is 5.61. The van der Waals surface area contributed by atoms with Gasteiger partial charge in [-0.05, 0) is 43.5 Å². The van der Waals surface area contributed by atoms with Crippen LogP contribution in [0.2, 0.25) is 0 Å². The van der Waals surface area contributed by atoms with E-state index >= 15 is 0 Å². The van der Waals surface area contributed by atoms with Gasteiger partial charge in [-0.1, -0.05) is 4.48 Å². The molecule has 1 saturated heterocycles. The average Bonchev–Trinajstić information content (AvgIpc) is 3.02. The summed E-state index contributed by atoms with van der Waals surface area (Å²) in [4.78, 5) is 12.8. The fraction of sp³-hybridized carbons (Fsp3) is 0.400. The maximum Gasteiger partial charge on any atom is 0.161 e. The molecule has 1 fully saturated rings. The van der Waals surface area contributed by atoms with Crippen LogP contribution in [-0.4, -0.2) is 33.6 Å². The molecule has 2 aromatic heterocycles. The SMILES string of the molecule is FN1c2ncc(-c3ncccn3)cc2CCC12CCNC2. The highest BCUT2D eigenvalue weighted by Crippen LogP contribution is 2.40. The first-order chi connectivity index (χ1) is 10.3. The summed E-state index contributed by atoms with van der Waals surface area (Å²) in [5, 5.41) is 4.13. The largest absolute Gasteiger partial charge is 0.314 e. The van der Waals surface area contributed by atoms with Crippen molar-refractivity contribution in [3.63, 3.8) is 0 Å². The van der Waals surface area contributed by atoms with E-state index < -0.39 is 5.54 Å². The molecule has 2 aliphatic heterocycles. The summed E-state index contributed by atoms with van der Waals surface area (Å²) in [5.74, 6) is 1.07. The monoisotopic (exact) mass is 285 g/mol. The second-order valence-electron chi connectivity index (χ2n) is 5.71. The van der Waals surface area contributed by atoms with E-state index in [0.717, 1.165) is 42.1 Å². The molecule has 0 radical (unpaired) electrons. The van der Waals surface area contributed by atoms with E-state index in [-0.39, 0.29) is 0 Å². The average molecular weight is 285 g/mol. The van der Waals surface area contributed by atoms with Gasteiger partial charge in [-0.25, -0.2) is 15.0 Å². The molecule has 4 heterocycles. The molecule has 21 heavy (non-hydrogen) atoms. The highest BCUT2D eigenvalue weighted by atomic mass is 19.2. The Kier molecular flexibility index (Phi) is 2.85. The Hall–Kier alpha value is -2.08. The lowest BCUT2D eigenvalue weighted by Crippen LogP contribution is -2.49. The third-order valence-corrected chi connectivity index (χ3v) is 4.45. The fourth-order valence-corrected chi connectivity index (χ4v) is 3.24. The Morgan fingerprint density at radius 3 is 2.81 bits per heavy atom. The van der Waals surface area contributed by atoms with Gasteiger partial charge in [0.2, 0.25) is 0 Å². The molecule has 6 heteroatoms. The van der Waals surface area contributed by atoms with Crippen LogP contribution in [-0.2, 0) is 6.42 Å². The van der Waals surface area contributed by atoms with Crippen molar-refractivity contribution < 1.29 is 4.48 Å². The Bertz CT molecular complexity index is 654. The van der Waals surface area contributed by atoms with Gasteiger partial charge in [0.05, 0.1) is 5.54 Å². The molecule has 2 aromatic rings. The Morgan fingerprint density at radius 2 is 2.05 bits per heavy atom. The second kappa shape index (κ2) is 4.73. The van der Waals surface area contributed by atoms with Crippen LogP contribution in [0.4, 0.5) is 10.3 Å². The number of aryl methyl sites for hydroxylation is 1. The van der Waals surface area contributed by atoms with Crippen LogP contribution < -0.4 is 10.4 Å². The normalized spacial score (nSPS) is 24.3. The molecule has 5 nitrogen and oxygen atoms in total. The maximum absolute atomic E-state index is 14.8. The molecule has 2 aliphatic rings. The number of nitrogens with one attached hydrogen (secondary N) is 1. The number of aromatic nitrogens is 3. The van der Waals surface area contributed by atoms with Crippen molar-refractivity contribution in [1.82, 2.24) is 20.3 Å². The van der Waals surface area contributed by atoms with E-state index in [1.54, 1.807) is 24.7 Å². The number of rotatable bonds is 1. The van der Waals surface area contributed by atoms with E-state index in [0.29, 0.717) is 18.2 Å². The molecule has 0 saturated carbocycles. The molecule has 0 amide bonds. The molecule has 1 unspecified atom stereocenters. The van der Waals surface area contributed by atoms with E-state index in [2.05, 4.69) is 20.3 Å². The van der Waals surface area contributed by atoms with Crippen molar-refractivity contribution in [2.75, 3.05) is 18.2 Å². The Morgan fingerprint density at radius 1 is 1.19 bits per heavy atom. The van der Waals surface area contributed by atoms with Gasteiger partial charge in [-0.15, -0.1) is 0 Å². The van der Waals surface area contributed by atoms with Gasteiger partial charge in [0, 0.05) is 30.7 Å². The number of anilines is 1. The number of hydrogen-bond acceptors (Lipinski definition) is 5. The van der Waals surface area contributed by atoms with Gasteiger partial charge >= 0.3 is 0 Å². The molecule has 1 atom stereocenters. The first-order valence-electron chi connectivity index (χ1n) is 7.22. The van der Waals surface area contributed by atoms with Gasteiger partial charge in [0.15, 0.2) is 11.6 Å². The van der Waals surface area contributed by atoms with Crippen molar-refractivity contribution in [2.45, 2.75) is 24.8 Å². The summed E-state index contributed by atoms with van der Waals surface area (Å²) >= 11 is 0. The van der Waals surface area contributed by atoms with Crippen molar-refractivity contribution in [3.05, 3.63) is 36.3 Å². The van der Waals surface area contributed by atoms with Crippen LogP contribution in [0.25, 0.3) is 11.4 Å². The second-order valence-corrected chi connectivity index (χ2v) is 5.71. The standard InChI is InChI=1S/C15H16FN5/c16-21-14-11(2-3-15(21)4-7-17-10-15)8-12(9-20-14)13-18-5-1-6-19-13/h1,5-6,8-9,17H,2-4,7,10H2. The summed E-state index contributed by atoms with van der Waals surface area (Å²) in [6.07, 6.45) is 7.52. The molecule has 0 aromatic carbocycles. The van der Waals surface area contributed by atoms with Crippen molar-refractivity contribution >= 4 is 5.82 Å². The third-order valence-electron chi connectivity index (χ3n) is 4.45. The predicted octanol–water partition coefficient (Wildman–Crippen LogP) is 1.91. The van der Waals surface area contributed by atoms with Crippen LogP contribution in [0, 0.1) is 0 Å². The van der Waals surface area contributed by atoms with Crippen LogP contribution in [0.3, 0.4) is 0 Å². The van der Waals surface area contributed by atoms with Crippen LogP contribution >= 0.6 is 0 Å². The summed E-state index contributed by atoms with van der Waals surface area (Å²) in [5.41, 5.74) is 1.35. The molecule has 0 bridgehead atoms. The van der Waals surface area contributed by atoms with Gasteiger partial charge in [-0.3, -0.25) is 0 Å². The van der Waals surface area contributed by atoms with Gasteiger partial charge in [-0.2, -0.15) is 5.12 Å². The van der Waals surface area contributed by atoms with E-state index in [1.165, 1.54) is 0 Å². The number of pyridine rings is 1. The third kappa shape index (κ3) is 1.98. The molecule has 0 aliphatic carbocycles. The van der Waals surface area contributed by atoms with Crippen molar-refractivity contribution in [1.29, 1.82) is 0 Å². The summed E-state index contributed by atoms with van der Waals surface area (Å²) in [6.45, 7) is 1.56. The van der Waals surface area contributed by atoms with Crippen LogP contribution in [0.5, 0.6) is 0 Å². The molecular weight excluding hydrogens is 269 g/mol. The van der Waals surface area contributed by atoms with Crippen LogP contribution in [0.1, 0.15) is 18.4 Å². The molecular formula is C15H16FN5. The zero-order valence-electron chi connectivity index (χ0n) is 11.6. The number of fused-ring (bicyclic) bond motifs is 1. The minimum atomic E-state index is -0.412. The number of hydrogen-bond donors (Lipinski definition) is 1. The summed E-state index contributed by atoms with van der Waals surface area (Å²) < 4.78 is 14.8. The summed E-state index contributed by atoms with van der Waals surface area (Å²) in [6, 6.07) is 3.73. The first-order valence-corrected chi connectivity index (χ1v) is 7.22. The Balaban J connectivity index is 1.72. The van der Waals surface area contributed by atoms with E-state index in [1.807, 2.05) is 6.07 Å². The molecule has 108 valence electrons. The lowest BCUT2D eigenvalue weighted by Gasteiger charge is -2.39. The van der Waals surface area contributed by atoms with Crippen molar-refractivity contribution in [2.24, 2.45) is 0 Å². The number of halogens is 1. The van der Waals surface area contributed by atoms with Gasteiger partial charge < -0.3 is 5.32 Å². The zero-order valence-corrected chi connectivity index (χ0v) is 11.6. The van der Waals surface area contributed by atoms with E-state index in [4.69, 9.17) is 0 Å². The lowest BCUT2D eigenvalue weighted by atomic mass is 9.86. The molecule has 4 rings (SSSR count). The van der Waals surface area contributed by atoms with Gasteiger partial charge in [0.25, 0.3) is 0 Å². The zero-order chi connectivity index (χ0) is 14.3. The van der Waals surface area contributed by atoms with Crippen molar-refractivity contribution in [3.8, 4) is 11.4 Å². The topological polar surface area (TPSA) is 53.9 Å². The minimum absolute atomic E-state index is 0.412. The smallest absolute Gasteiger partial charge is 0.161 e. The Labute approximate surface area is 122 Å². The van der Waals surface area contributed by atoms with E-state index in [9.17, 15) is 4.48 Å². The van der Waals surface area contributed by atoms with Crippen LogP contribution in [0.15, 0.2) is 30.7 Å².